The van der Waals surface area contributed by atoms with E-state index < -0.39 is 0 Å². The van der Waals surface area contributed by atoms with Crippen molar-refractivity contribution in [2.45, 2.75) is 64.6 Å². The zero-order valence-electron chi connectivity index (χ0n) is 20.1. The highest BCUT2D eigenvalue weighted by molar-refractivity contribution is 5.66. The lowest BCUT2D eigenvalue weighted by Gasteiger charge is -2.18. The van der Waals surface area contributed by atoms with Gasteiger partial charge in [0.05, 0.1) is 0 Å². The molecule has 2 unspecified atom stereocenters. The second-order valence-corrected chi connectivity index (χ2v) is 8.25. The van der Waals surface area contributed by atoms with Crippen molar-refractivity contribution in [2.75, 3.05) is 13.2 Å². The largest absolute Gasteiger partial charge is 0.458 e. The van der Waals surface area contributed by atoms with Crippen LogP contribution in [0.25, 0.3) is 0 Å². The third-order valence-electron chi connectivity index (χ3n) is 5.48. The Labute approximate surface area is 202 Å². The number of hydrogen-bond donors (Lipinski definition) is 2. The van der Waals surface area contributed by atoms with Crippen LogP contribution in [0.15, 0.2) is 60.7 Å². The van der Waals surface area contributed by atoms with Crippen LogP contribution in [0.1, 0.15) is 74.0 Å². The van der Waals surface area contributed by atoms with E-state index in [0.29, 0.717) is 25.7 Å². The van der Waals surface area contributed by atoms with E-state index >= 15 is 0 Å². The van der Waals surface area contributed by atoms with Crippen LogP contribution < -0.4 is 0 Å². The molecule has 0 spiro atoms. The lowest BCUT2D eigenvalue weighted by molar-refractivity contribution is -0.148. The average Bonchev–Trinajstić information content (AvgIpc) is 2.81. The van der Waals surface area contributed by atoms with Crippen LogP contribution >= 0.6 is 0 Å². The molecule has 6 nitrogen and oxygen atoms in total. The molecule has 6 heteroatoms. The van der Waals surface area contributed by atoms with Crippen LogP contribution in [0.4, 0.5) is 0 Å². The predicted molar refractivity (Wildman–Crippen MR) is 131 cm³/mol. The van der Waals surface area contributed by atoms with Gasteiger partial charge in [0, 0.05) is 27.1 Å². The second-order valence-electron chi connectivity index (χ2n) is 8.25. The van der Waals surface area contributed by atoms with E-state index in [4.69, 9.17) is 19.7 Å². The van der Waals surface area contributed by atoms with Crippen LogP contribution in [0, 0.1) is 0 Å². The molecule has 2 N–H and O–H groups in total. The Hall–Kier alpha value is -2.96. The smallest absolute Gasteiger partial charge is 0.303 e. The first-order valence-corrected chi connectivity index (χ1v) is 11.8. The van der Waals surface area contributed by atoms with Gasteiger partial charge in [0.25, 0.3) is 0 Å². The van der Waals surface area contributed by atoms with Gasteiger partial charge in [-0.25, -0.2) is 0 Å². The first kappa shape index (κ1) is 27.3. The molecule has 0 saturated carbocycles. The first-order valence-electron chi connectivity index (χ1n) is 11.8. The Kier molecular flexibility index (Phi) is 12.1. The van der Waals surface area contributed by atoms with Gasteiger partial charge in [0.2, 0.25) is 0 Å². The number of esters is 2. The van der Waals surface area contributed by atoms with Gasteiger partial charge in [0.1, 0.15) is 12.2 Å². The summed E-state index contributed by atoms with van der Waals surface area (Å²) in [5.74, 6) is -0.634. The number of carbonyl (C=O) groups excluding carboxylic acids is 2. The van der Waals surface area contributed by atoms with Crippen molar-refractivity contribution >= 4 is 11.9 Å². The molecule has 34 heavy (non-hydrogen) atoms. The Balaban J connectivity index is 1.90. The van der Waals surface area contributed by atoms with Crippen molar-refractivity contribution in [3.05, 3.63) is 82.9 Å². The van der Waals surface area contributed by atoms with Crippen LogP contribution in [0.3, 0.4) is 0 Å². The van der Waals surface area contributed by atoms with Gasteiger partial charge < -0.3 is 19.7 Å². The Bertz CT molecular complexity index is 826. The Morgan fingerprint density at radius 3 is 1.35 bits per heavy atom. The molecule has 2 aromatic carbocycles. The zero-order chi connectivity index (χ0) is 24.8. The predicted octanol–water partition coefficient (Wildman–Crippen LogP) is 4.78. The van der Waals surface area contributed by atoms with E-state index in [9.17, 15) is 9.59 Å². The highest BCUT2D eigenvalue weighted by Gasteiger charge is 2.15. The second kappa shape index (κ2) is 15.0. The van der Waals surface area contributed by atoms with E-state index in [1.807, 2.05) is 48.5 Å². The quantitative estimate of drug-likeness (QED) is 0.306. The molecule has 0 aromatic heterocycles. The van der Waals surface area contributed by atoms with Crippen LogP contribution in [-0.4, -0.2) is 35.4 Å². The van der Waals surface area contributed by atoms with Gasteiger partial charge in [-0.1, -0.05) is 60.7 Å². The van der Waals surface area contributed by atoms with Crippen molar-refractivity contribution in [2.24, 2.45) is 0 Å². The zero-order valence-corrected chi connectivity index (χ0v) is 20.1. The molecule has 0 amide bonds. The van der Waals surface area contributed by atoms with E-state index in [0.717, 1.165) is 35.1 Å². The molecule has 0 fully saturated rings. The fraction of sp³-hybridized carbons (Fsp3) is 0.429. The molecule has 2 rings (SSSR count). The van der Waals surface area contributed by atoms with Crippen molar-refractivity contribution in [1.82, 2.24) is 0 Å². The molecule has 0 radical (unpaired) electrons. The van der Waals surface area contributed by atoms with E-state index in [1.165, 1.54) is 13.8 Å². The summed E-state index contributed by atoms with van der Waals surface area (Å²) in [6.07, 6.45) is 7.48. The first-order chi connectivity index (χ1) is 16.4. The van der Waals surface area contributed by atoms with Crippen LogP contribution in [0.5, 0.6) is 0 Å². The number of rotatable bonds is 14. The lowest BCUT2D eigenvalue weighted by atomic mass is 10.0. The number of aliphatic hydroxyl groups is 2. The molecule has 2 aromatic rings. The third-order valence-corrected chi connectivity index (χ3v) is 5.48. The summed E-state index contributed by atoms with van der Waals surface area (Å²) in [5.41, 5.74) is 3.95. The minimum absolute atomic E-state index is 0.102. The van der Waals surface area contributed by atoms with Crippen LogP contribution in [-0.2, 0) is 31.9 Å². The number of benzene rings is 2. The molecule has 184 valence electrons. The molecule has 0 aliphatic heterocycles. The maximum absolute atomic E-state index is 11.6. The summed E-state index contributed by atoms with van der Waals surface area (Å²) >= 11 is 0. The van der Waals surface area contributed by atoms with E-state index in [-0.39, 0.29) is 37.4 Å². The summed E-state index contributed by atoms with van der Waals surface area (Å²) in [5, 5.41) is 18.1. The summed E-state index contributed by atoms with van der Waals surface area (Å²) in [6, 6.07) is 15.6. The third kappa shape index (κ3) is 9.89. The maximum Gasteiger partial charge on any atom is 0.303 e. The highest BCUT2D eigenvalue weighted by atomic mass is 16.5. The van der Waals surface area contributed by atoms with Gasteiger partial charge in [-0.2, -0.15) is 0 Å². The summed E-state index contributed by atoms with van der Waals surface area (Å²) in [7, 11) is 0. The van der Waals surface area contributed by atoms with E-state index in [1.54, 1.807) is 0 Å². The maximum atomic E-state index is 11.6. The molecule has 0 bridgehead atoms. The van der Waals surface area contributed by atoms with E-state index in [2.05, 4.69) is 12.2 Å². The summed E-state index contributed by atoms with van der Waals surface area (Å²) < 4.78 is 11.0. The molecular weight excluding hydrogens is 432 g/mol. The number of aliphatic hydroxyl groups excluding tert-OH is 2. The SMILES string of the molecule is CC(=O)OC(CC/C=C/CCC(OC(C)=O)c1ccc(CCO)cc1)c1ccc(CCO)cc1. The minimum Gasteiger partial charge on any atom is -0.458 e. The van der Waals surface area contributed by atoms with Gasteiger partial charge >= 0.3 is 11.9 Å². The van der Waals surface area contributed by atoms with Gasteiger partial charge in [0.15, 0.2) is 0 Å². The minimum atomic E-state index is -0.323. The Morgan fingerprint density at radius 1 is 0.706 bits per heavy atom. The Morgan fingerprint density at radius 2 is 1.06 bits per heavy atom. The number of allylic oxidation sites excluding steroid dienone is 2. The summed E-state index contributed by atoms with van der Waals surface area (Å²) in [4.78, 5) is 23.1. The van der Waals surface area contributed by atoms with Crippen molar-refractivity contribution in [3.63, 3.8) is 0 Å². The number of ether oxygens (including phenoxy) is 2. The number of hydrogen-bond acceptors (Lipinski definition) is 6. The molecule has 0 aliphatic rings. The fourth-order valence-corrected chi connectivity index (χ4v) is 3.77. The molecule has 2 atom stereocenters. The fourth-order valence-electron chi connectivity index (χ4n) is 3.77. The normalized spacial score (nSPS) is 12.9. The van der Waals surface area contributed by atoms with Gasteiger partial charge in [-0.3, -0.25) is 9.59 Å². The van der Waals surface area contributed by atoms with Gasteiger partial charge in [-0.05, 0) is 60.8 Å². The summed E-state index contributed by atoms with van der Waals surface area (Å²) in [6.45, 7) is 3.03. The van der Waals surface area contributed by atoms with Gasteiger partial charge in [-0.15, -0.1) is 0 Å². The van der Waals surface area contributed by atoms with Crippen molar-refractivity contribution in [1.29, 1.82) is 0 Å². The van der Waals surface area contributed by atoms with Crippen molar-refractivity contribution in [3.8, 4) is 0 Å². The number of carbonyl (C=O) groups is 2. The monoisotopic (exact) mass is 468 g/mol. The molecular formula is C28H36O6. The van der Waals surface area contributed by atoms with Crippen LogP contribution in [0.2, 0.25) is 0 Å². The highest BCUT2D eigenvalue weighted by Crippen LogP contribution is 2.26. The van der Waals surface area contributed by atoms with Crippen molar-refractivity contribution < 1.29 is 29.3 Å². The topological polar surface area (TPSA) is 93.1 Å². The lowest BCUT2D eigenvalue weighted by Crippen LogP contribution is -2.09. The molecule has 0 aliphatic carbocycles. The average molecular weight is 469 g/mol. The standard InChI is InChI=1S/C28H36O6/c1-21(31)33-27(25-13-9-23(10-14-25)17-19-29)7-5-3-4-6-8-28(34-22(2)32)26-15-11-24(12-16-26)18-20-30/h3-4,9-16,27-30H,5-8,17-20H2,1-2H3/b4-3+. The molecule has 0 heterocycles. The molecule has 0 saturated heterocycles.